The van der Waals surface area contributed by atoms with E-state index in [2.05, 4.69) is 30.4 Å². The normalized spacial score (nSPS) is 16.3. The summed E-state index contributed by atoms with van der Waals surface area (Å²) in [5.74, 6) is 0.269. The molecule has 0 unspecified atom stereocenters. The molecule has 1 heterocycles. The molecule has 0 radical (unpaired) electrons. The highest BCUT2D eigenvalue weighted by Gasteiger charge is 2.29. The number of amides is 1. The minimum absolute atomic E-state index is 0.0592. The topological polar surface area (TPSA) is 41.5 Å². The van der Waals surface area contributed by atoms with Gasteiger partial charge in [0.25, 0.3) is 0 Å². The number of carbonyl (C=O) groups excluding carboxylic acids is 1. The summed E-state index contributed by atoms with van der Waals surface area (Å²) in [6.07, 6.45) is 2.02. The predicted molar refractivity (Wildman–Crippen MR) is 66.9 cm³/mol. The summed E-state index contributed by atoms with van der Waals surface area (Å²) < 4.78 is 0. The lowest BCUT2D eigenvalue weighted by Crippen LogP contribution is -2.20. The number of nitrogens with zero attached hydrogens (tertiary/aromatic N) is 1. The molecule has 1 aromatic heterocycles. The molecule has 4 heteroatoms. The first-order chi connectivity index (χ1) is 7.58. The van der Waals surface area contributed by atoms with Crippen LogP contribution in [0.25, 0.3) is 0 Å². The molecule has 0 aliphatic heterocycles. The lowest BCUT2D eigenvalue weighted by atomic mass is 10.2. The molecule has 86 valence electrons. The van der Waals surface area contributed by atoms with Crippen LogP contribution in [0.4, 0.5) is 0 Å². The van der Waals surface area contributed by atoms with Crippen LogP contribution in [0, 0.1) is 19.8 Å². The largest absolute Gasteiger partial charge is 0.273 e. The number of hydrogen-bond acceptors (Lipinski definition) is 3. The van der Waals surface area contributed by atoms with Crippen LogP contribution in [-0.4, -0.2) is 11.6 Å². The Balaban J connectivity index is 2.05. The Bertz CT molecular complexity index is 444. The highest BCUT2D eigenvalue weighted by Crippen LogP contribution is 2.28. The summed E-state index contributed by atoms with van der Waals surface area (Å²) >= 11 is 1.76. The van der Waals surface area contributed by atoms with Gasteiger partial charge in [0.15, 0.2) is 0 Å². The fourth-order valence-corrected chi connectivity index (χ4v) is 2.60. The molecule has 16 heavy (non-hydrogen) atoms. The number of carbonyl (C=O) groups is 1. The van der Waals surface area contributed by atoms with Gasteiger partial charge in [-0.05, 0) is 39.7 Å². The van der Waals surface area contributed by atoms with Crippen molar-refractivity contribution in [2.45, 2.75) is 33.6 Å². The first-order valence-corrected chi connectivity index (χ1v) is 6.31. The Morgan fingerprint density at radius 3 is 2.69 bits per heavy atom. The van der Waals surface area contributed by atoms with E-state index in [9.17, 15) is 4.79 Å². The van der Waals surface area contributed by atoms with Gasteiger partial charge in [-0.25, -0.2) is 5.43 Å². The van der Waals surface area contributed by atoms with E-state index >= 15 is 0 Å². The quantitative estimate of drug-likeness (QED) is 0.636. The third kappa shape index (κ3) is 2.50. The van der Waals surface area contributed by atoms with E-state index in [0.717, 1.165) is 24.1 Å². The maximum absolute atomic E-state index is 11.4. The number of nitrogens with one attached hydrogen (secondary N) is 1. The van der Waals surface area contributed by atoms with Crippen molar-refractivity contribution in [3.05, 3.63) is 21.4 Å². The van der Waals surface area contributed by atoms with Gasteiger partial charge in [0.05, 0.1) is 5.71 Å². The summed E-state index contributed by atoms with van der Waals surface area (Å²) in [5, 5.41) is 4.15. The second kappa shape index (κ2) is 4.37. The van der Waals surface area contributed by atoms with Gasteiger partial charge in [0, 0.05) is 21.2 Å². The van der Waals surface area contributed by atoms with Gasteiger partial charge in [-0.15, -0.1) is 11.3 Å². The van der Waals surface area contributed by atoms with Crippen molar-refractivity contribution in [3.8, 4) is 0 Å². The van der Waals surface area contributed by atoms with Gasteiger partial charge >= 0.3 is 0 Å². The van der Waals surface area contributed by atoms with E-state index in [-0.39, 0.29) is 11.8 Å². The molecular formula is C12H16N2OS. The fraction of sp³-hybridized carbons (Fsp3) is 0.500. The van der Waals surface area contributed by atoms with Crippen LogP contribution < -0.4 is 5.43 Å². The molecule has 1 aromatic rings. The highest BCUT2D eigenvalue weighted by molar-refractivity contribution is 7.12. The number of hydrogen-bond donors (Lipinski definition) is 1. The molecule has 0 saturated heterocycles. The maximum atomic E-state index is 11.4. The van der Waals surface area contributed by atoms with Gasteiger partial charge in [-0.1, -0.05) is 0 Å². The zero-order valence-electron chi connectivity index (χ0n) is 9.83. The molecule has 1 aliphatic rings. The van der Waals surface area contributed by atoms with E-state index in [1.54, 1.807) is 11.3 Å². The number of thiophene rings is 1. The molecule has 3 nitrogen and oxygen atoms in total. The first-order valence-electron chi connectivity index (χ1n) is 5.49. The van der Waals surface area contributed by atoms with Gasteiger partial charge in [-0.2, -0.15) is 5.10 Å². The van der Waals surface area contributed by atoms with Crippen molar-refractivity contribution in [1.29, 1.82) is 0 Å². The standard InChI is InChI=1S/C12H16N2OS/c1-7-6-11(9(3)16-7)8(2)13-14-12(15)10-4-5-10/h6,10H,4-5H2,1-3H3,(H,14,15)/b13-8-. The number of rotatable bonds is 3. The second-order valence-corrected chi connectivity index (χ2v) is 5.73. The van der Waals surface area contributed by atoms with Crippen molar-refractivity contribution < 1.29 is 4.79 Å². The van der Waals surface area contributed by atoms with Crippen LogP contribution in [0.5, 0.6) is 0 Å². The van der Waals surface area contributed by atoms with E-state index in [1.165, 1.54) is 9.75 Å². The predicted octanol–water partition coefficient (Wildman–Crippen LogP) is 2.62. The third-order valence-corrected chi connectivity index (χ3v) is 3.68. The fourth-order valence-electron chi connectivity index (χ4n) is 1.63. The molecule has 0 aromatic carbocycles. The van der Waals surface area contributed by atoms with Crippen molar-refractivity contribution in [2.24, 2.45) is 11.0 Å². The average Bonchev–Trinajstić information content (AvgIpc) is 3.01. The minimum atomic E-state index is 0.0592. The summed E-state index contributed by atoms with van der Waals surface area (Å²) in [6.45, 7) is 6.09. The lowest BCUT2D eigenvalue weighted by Gasteiger charge is -2.00. The van der Waals surface area contributed by atoms with Crippen molar-refractivity contribution >= 4 is 23.0 Å². The summed E-state index contributed by atoms with van der Waals surface area (Å²) in [4.78, 5) is 13.9. The molecule has 1 N–H and O–H groups in total. The summed E-state index contributed by atoms with van der Waals surface area (Å²) in [7, 11) is 0. The van der Waals surface area contributed by atoms with Crippen LogP contribution >= 0.6 is 11.3 Å². The highest BCUT2D eigenvalue weighted by atomic mass is 32.1. The van der Waals surface area contributed by atoms with Crippen molar-refractivity contribution in [3.63, 3.8) is 0 Å². The Labute approximate surface area is 99.6 Å². The lowest BCUT2D eigenvalue weighted by molar-refractivity contribution is -0.122. The Morgan fingerprint density at radius 1 is 1.50 bits per heavy atom. The first kappa shape index (κ1) is 11.3. The van der Waals surface area contributed by atoms with Gasteiger partial charge in [0.2, 0.25) is 5.91 Å². The van der Waals surface area contributed by atoms with Crippen LogP contribution in [0.3, 0.4) is 0 Å². The zero-order valence-corrected chi connectivity index (χ0v) is 10.6. The average molecular weight is 236 g/mol. The van der Waals surface area contributed by atoms with Gasteiger partial charge in [0.1, 0.15) is 0 Å². The molecule has 1 aliphatic carbocycles. The molecule has 1 amide bonds. The molecule has 1 saturated carbocycles. The van der Waals surface area contributed by atoms with Gasteiger partial charge in [-0.3, -0.25) is 4.79 Å². The van der Waals surface area contributed by atoms with Crippen molar-refractivity contribution in [1.82, 2.24) is 5.43 Å². The van der Waals surface area contributed by atoms with Crippen LogP contribution in [0.15, 0.2) is 11.2 Å². The minimum Gasteiger partial charge on any atom is -0.273 e. The Hall–Kier alpha value is -1.16. The van der Waals surface area contributed by atoms with Crippen LogP contribution in [0.1, 0.15) is 35.1 Å². The third-order valence-electron chi connectivity index (χ3n) is 2.71. The summed E-state index contributed by atoms with van der Waals surface area (Å²) in [6, 6.07) is 2.11. The molecule has 1 fully saturated rings. The summed E-state index contributed by atoms with van der Waals surface area (Å²) in [5.41, 5.74) is 4.66. The van der Waals surface area contributed by atoms with E-state index in [1.807, 2.05) is 6.92 Å². The van der Waals surface area contributed by atoms with E-state index in [0.29, 0.717) is 0 Å². The second-order valence-electron chi connectivity index (χ2n) is 4.27. The smallest absolute Gasteiger partial charge is 0.243 e. The number of hydrazone groups is 1. The monoisotopic (exact) mass is 236 g/mol. The molecule has 2 rings (SSSR count). The zero-order chi connectivity index (χ0) is 11.7. The van der Waals surface area contributed by atoms with Crippen LogP contribution in [-0.2, 0) is 4.79 Å². The molecule has 0 atom stereocenters. The van der Waals surface area contributed by atoms with Crippen LogP contribution in [0.2, 0.25) is 0 Å². The molecular weight excluding hydrogens is 220 g/mol. The Morgan fingerprint density at radius 2 is 2.19 bits per heavy atom. The van der Waals surface area contributed by atoms with E-state index < -0.39 is 0 Å². The SMILES string of the molecule is C/C(=N/NC(=O)C1CC1)c1cc(C)sc1C. The molecule has 0 spiro atoms. The van der Waals surface area contributed by atoms with Gasteiger partial charge < -0.3 is 0 Å². The maximum Gasteiger partial charge on any atom is 0.243 e. The molecule has 0 bridgehead atoms. The van der Waals surface area contributed by atoms with Crippen molar-refractivity contribution in [2.75, 3.05) is 0 Å². The Kier molecular flexibility index (Phi) is 3.10. The van der Waals surface area contributed by atoms with E-state index in [4.69, 9.17) is 0 Å². The number of aryl methyl sites for hydroxylation is 2.